The lowest BCUT2D eigenvalue weighted by Gasteiger charge is -2.12. The summed E-state index contributed by atoms with van der Waals surface area (Å²) in [5.74, 6) is 0.684. The van der Waals surface area contributed by atoms with Gasteiger partial charge in [0.2, 0.25) is 5.78 Å². The van der Waals surface area contributed by atoms with Crippen molar-refractivity contribution >= 4 is 11.7 Å². The molecule has 1 amide bonds. The number of nitrogens with zero attached hydrogens (tertiary/aromatic N) is 4. The van der Waals surface area contributed by atoms with Crippen LogP contribution in [-0.4, -0.2) is 24.8 Å². The molecule has 0 spiro atoms. The van der Waals surface area contributed by atoms with Gasteiger partial charge in [0.15, 0.2) is 0 Å². The maximum atomic E-state index is 12.7. The third-order valence-corrected chi connectivity index (χ3v) is 4.26. The maximum absolute atomic E-state index is 12.7. The number of rotatable bonds is 6. The number of hydrogen-bond acceptors (Lipinski definition) is 4. The zero-order valence-electron chi connectivity index (χ0n) is 15.3. The molecule has 3 aromatic heterocycles. The molecule has 3 rings (SSSR count). The SMILES string of the molecule is Cc1ccn(CCC(C)C)c(=O)c1C(=O)NCc1cn2cccnc2n1. The summed E-state index contributed by atoms with van der Waals surface area (Å²) in [7, 11) is 0. The minimum Gasteiger partial charge on any atom is -0.346 e. The topological polar surface area (TPSA) is 81.3 Å². The van der Waals surface area contributed by atoms with Crippen molar-refractivity contribution in [2.24, 2.45) is 5.92 Å². The smallest absolute Gasteiger partial charge is 0.263 e. The van der Waals surface area contributed by atoms with E-state index in [9.17, 15) is 9.59 Å². The molecule has 0 aliphatic rings. The molecular formula is C19H23N5O2. The van der Waals surface area contributed by atoms with E-state index in [1.54, 1.807) is 34.5 Å². The molecule has 0 atom stereocenters. The van der Waals surface area contributed by atoms with Crippen LogP contribution in [0.2, 0.25) is 0 Å². The Balaban J connectivity index is 1.76. The van der Waals surface area contributed by atoms with Crippen LogP contribution >= 0.6 is 0 Å². The van der Waals surface area contributed by atoms with E-state index in [0.29, 0.717) is 29.5 Å². The first-order valence-corrected chi connectivity index (χ1v) is 8.72. The van der Waals surface area contributed by atoms with Gasteiger partial charge in [-0.2, -0.15) is 0 Å². The fourth-order valence-electron chi connectivity index (χ4n) is 2.74. The third kappa shape index (κ3) is 3.82. The summed E-state index contributed by atoms with van der Waals surface area (Å²) >= 11 is 0. The molecule has 7 heteroatoms. The van der Waals surface area contributed by atoms with E-state index in [0.717, 1.165) is 6.42 Å². The number of carbonyl (C=O) groups is 1. The lowest BCUT2D eigenvalue weighted by molar-refractivity contribution is 0.0947. The fourth-order valence-corrected chi connectivity index (χ4v) is 2.74. The molecule has 0 saturated heterocycles. The zero-order valence-corrected chi connectivity index (χ0v) is 15.3. The van der Waals surface area contributed by atoms with Gasteiger partial charge in [-0.3, -0.25) is 14.0 Å². The Bertz CT molecular complexity index is 954. The number of nitrogens with one attached hydrogen (secondary N) is 1. The van der Waals surface area contributed by atoms with Gasteiger partial charge in [-0.15, -0.1) is 0 Å². The first-order chi connectivity index (χ1) is 12.5. The molecular weight excluding hydrogens is 330 g/mol. The van der Waals surface area contributed by atoms with Crippen LogP contribution in [0.1, 0.15) is 41.9 Å². The van der Waals surface area contributed by atoms with E-state index >= 15 is 0 Å². The van der Waals surface area contributed by atoms with Crippen LogP contribution in [0.5, 0.6) is 0 Å². The molecule has 0 aromatic carbocycles. The van der Waals surface area contributed by atoms with Crippen LogP contribution < -0.4 is 10.9 Å². The van der Waals surface area contributed by atoms with Gasteiger partial charge < -0.3 is 9.88 Å². The molecule has 0 saturated carbocycles. The van der Waals surface area contributed by atoms with Crippen LogP contribution in [0.3, 0.4) is 0 Å². The van der Waals surface area contributed by atoms with Gasteiger partial charge in [-0.05, 0) is 37.0 Å². The molecule has 3 aromatic rings. The second kappa shape index (κ2) is 7.51. The Morgan fingerprint density at radius 2 is 2.12 bits per heavy atom. The Labute approximate surface area is 151 Å². The number of fused-ring (bicyclic) bond motifs is 1. The highest BCUT2D eigenvalue weighted by atomic mass is 16.2. The fraction of sp³-hybridized carbons (Fsp3) is 0.368. The molecule has 1 N–H and O–H groups in total. The number of aryl methyl sites for hydroxylation is 2. The van der Waals surface area contributed by atoms with Crippen molar-refractivity contribution in [2.45, 2.75) is 40.3 Å². The number of pyridine rings is 1. The average molecular weight is 353 g/mol. The average Bonchev–Trinajstić information content (AvgIpc) is 3.02. The lowest BCUT2D eigenvalue weighted by atomic mass is 10.1. The van der Waals surface area contributed by atoms with Gasteiger partial charge in [-0.25, -0.2) is 9.97 Å². The van der Waals surface area contributed by atoms with Crippen LogP contribution in [0.15, 0.2) is 41.7 Å². The normalized spacial score (nSPS) is 11.2. The van der Waals surface area contributed by atoms with E-state index in [2.05, 4.69) is 29.1 Å². The molecule has 7 nitrogen and oxygen atoms in total. The van der Waals surface area contributed by atoms with Crippen molar-refractivity contribution < 1.29 is 4.79 Å². The van der Waals surface area contributed by atoms with Crippen LogP contribution in [0.25, 0.3) is 5.78 Å². The predicted molar refractivity (Wildman–Crippen MR) is 99.1 cm³/mol. The van der Waals surface area contributed by atoms with Crippen LogP contribution in [-0.2, 0) is 13.1 Å². The van der Waals surface area contributed by atoms with E-state index < -0.39 is 0 Å². The molecule has 0 bridgehead atoms. The molecule has 0 aliphatic carbocycles. The summed E-state index contributed by atoms with van der Waals surface area (Å²) in [6.45, 7) is 6.84. The third-order valence-electron chi connectivity index (χ3n) is 4.26. The van der Waals surface area contributed by atoms with Crippen molar-refractivity contribution in [1.82, 2.24) is 24.3 Å². The van der Waals surface area contributed by atoms with Crippen LogP contribution in [0.4, 0.5) is 0 Å². The molecule has 0 aliphatic heterocycles. The Hall–Kier alpha value is -2.96. The summed E-state index contributed by atoms with van der Waals surface area (Å²) < 4.78 is 3.39. The highest BCUT2D eigenvalue weighted by Gasteiger charge is 2.16. The van der Waals surface area contributed by atoms with Gasteiger partial charge in [0.05, 0.1) is 12.2 Å². The van der Waals surface area contributed by atoms with E-state index in [4.69, 9.17) is 0 Å². The molecule has 0 fully saturated rings. The van der Waals surface area contributed by atoms with Crippen molar-refractivity contribution in [2.75, 3.05) is 0 Å². The largest absolute Gasteiger partial charge is 0.346 e. The predicted octanol–water partition coefficient (Wildman–Crippen LogP) is 2.18. The zero-order chi connectivity index (χ0) is 18.7. The highest BCUT2D eigenvalue weighted by molar-refractivity contribution is 5.95. The first kappa shape index (κ1) is 17.8. The van der Waals surface area contributed by atoms with Crippen molar-refractivity contribution in [1.29, 1.82) is 0 Å². The molecule has 3 heterocycles. The maximum Gasteiger partial charge on any atom is 0.263 e. The number of carbonyl (C=O) groups excluding carboxylic acids is 1. The second-order valence-corrected chi connectivity index (χ2v) is 6.80. The van der Waals surface area contributed by atoms with Gasteiger partial charge in [0.1, 0.15) is 5.56 Å². The minimum absolute atomic E-state index is 0.193. The quantitative estimate of drug-likeness (QED) is 0.736. The van der Waals surface area contributed by atoms with Crippen LogP contribution in [0, 0.1) is 12.8 Å². The van der Waals surface area contributed by atoms with Crippen molar-refractivity contribution in [3.8, 4) is 0 Å². The first-order valence-electron chi connectivity index (χ1n) is 8.72. The summed E-state index contributed by atoms with van der Waals surface area (Å²) in [6, 6.07) is 3.62. The number of imidazole rings is 1. The Kier molecular flexibility index (Phi) is 5.16. The Morgan fingerprint density at radius 1 is 1.31 bits per heavy atom. The Morgan fingerprint density at radius 3 is 2.85 bits per heavy atom. The lowest BCUT2D eigenvalue weighted by Crippen LogP contribution is -2.34. The summed E-state index contributed by atoms with van der Waals surface area (Å²) in [4.78, 5) is 33.7. The van der Waals surface area contributed by atoms with E-state index in [1.165, 1.54) is 0 Å². The van der Waals surface area contributed by atoms with Crippen molar-refractivity contribution in [3.05, 3.63) is 64.1 Å². The molecule has 26 heavy (non-hydrogen) atoms. The molecule has 0 unspecified atom stereocenters. The monoisotopic (exact) mass is 353 g/mol. The standard InChI is InChI=1S/C19H23N5O2/c1-13(2)5-9-23-10-6-14(3)16(18(23)26)17(25)21-11-15-12-24-8-4-7-20-19(24)22-15/h4,6-8,10,12-13H,5,9,11H2,1-3H3,(H,21,25). The van der Waals surface area contributed by atoms with E-state index in [-0.39, 0.29) is 23.6 Å². The van der Waals surface area contributed by atoms with Gasteiger partial charge in [0, 0.05) is 31.3 Å². The van der Waals surface area contributed by atoms with E-state index in [1.807, 2.05) is 18.3 Å². The number of amides is 1. The van der Waals surface area contributed by atoms with Crippen molar-refractivity contribution in [3.63, 3.8) is 0 Å². The minimum atomic E-state index is -0.378. The molecule has 0 radical (unpaired) electrons. The summed E-state index contributed by atoms with van der Waals surface area (Å²) in [6.07, 6.45) is 7.96. The number of aromatic nitrogens is 4. The summed E-state index contributed by atoms with van der Waals surface area (Å²) in [5.41, 5.74) is 1.30. The molecule has 136 valence electrons. The van der Waals surface area contributed by atoms with Gasteiger partial charge in [-0.1, -0.05) is 13.8 Å². The van der Waals surface area contributed by atoms with Gasteiger partial charge >= 0.3 is 0 Å². The highest BCUT2D eigenvalue weighted by Crippen LogP contribution is 2.06. The summed E-state index contributed by atoms with van der Waals surface area (Å²) in [5, 5.41) is 2.79. The number of hydrogen-bond donors (Lipinski definition) is 1. The van der Waals surface area contributed by atoms with Gasteiger partial charge in [0.25, 0.3) is 11.5 Å². The second-order valence-electron chi connectivity index (χ2n) is 6.80.